The van der Waals surface area contributed by atoms with Gasteiger partial charge in [0.2, 0.25) is 0 Å². The summed E-state index contributed by atoms with van der Waals surface area (Å²) in [5.74, 6) is 1.09. The molecule has 0 saturated heterocycles. The third-order valence-corrected chi connectivity index (χ3v) is 2.12. The Morgan fingerprint density at radius 1 is 1.40 bits per heavy atom. The molecule has 1 aromatic rings. The highest BCUT2D eigenvalue weighted by Crippen LogP contribution is 2.18. The van der Waals surface area contributed by atoms with Gasteiger partial charge in [0.05, 0.1) is 0 Å². The molecule has 0 spiro atoms. The van der Waals surface area contributed by atoms with Gasteiger partial charge in [-0.2, -0.15) is 0 Å². The van der Waals surface area contributed by atoms with Gasteiger partial charge in [-0.25, -0.2) is 4.98 Å². The number of aromatic amines is 1. The van der Waals surface area contributed by atoms with Gasteiger partial charge in [0.1, 0.15) is 5.82 Å². The quantitative estimate of drug-likeness (QED) is 0.731. The fourth-order valence-corrected chi connectivity index (χ4v) is 1.49. The van der Waals surface area contributed by atoms with E-state index in [1.807, 2.05) is 6.20 Å². The number of imidazole rings is 1. The SMILES string of the molecule is CCCNCc1cnc(CC(C)(C)C)[nH]1. The number of H-pyrrole nitrogens is 1. The molecular formula is C12H23N3. The second-order valence-corrected chi connectivity index (χ2v) is 5.27. The molecule has 0 fully saturated rings. The van der Waals surface area contributed by atoms with Gasteiger partial charge in [-0.15, -0.1) is 0 Å². The van der Waals surface area contributed by atoms with Crippen LogP contribution in [0, 0.1) is 5.41 Å². The van der Waals surface area contributed by atoms with Gasteiger partial charge in [-0.1, -0.05) is 27.7 Å². The van der Waals surface area contributed by atoms with Crippen molar-refractivity contribution in [1.82, 2.24) is 15.3 Å². The summed E-state index contributed by atoms with van der Waals surface area (Å²) in [6.07, 6.45) is 4.10. The predicted molar refractivity (Wildman–Crippen MR) is 63.7 cm³/mol. The first kappa shape index (κ1) is 12.2. The zero-order chi connectivity index (χ0) is 11.3. The molecule has 0 aliphatic rings. The van der Waals surface area contributed by atoms with Crippen molar-refractivity contribution in [2.45, 2.75) is 47.1 Å². The third kappa shape index (κ3) is 4.98. The first-order valence-corrected chi connectivity index (χ1v) is 5.75. The summed E-state index contributed by atoms with van der Waals surface area (Å²) in [5, 5.41) is 3.36. The van der Waals surface area contributed by atoms with Gasteiger partial charge in [-0.3, -0.25) is 0 Å². The van der Waals surface area contributed by atoms with E-state index in [4.69, 9.17) is 0 Å². The summed E-state index contributed by atoms with van der Waals surface area (Å²) in [7, 11) is 0. The summed E-state index contributed by atoms with van der Waals surface area (Å²) in [6, 6.07) is 0. The fraction of sp³-hybridized carbons (Fsp3) is 0.750. The zero-order valence-electron chi connectivity index (χ0n) is 10.4. The Hall–Kier alpha value is -0.830. The Bertz CT molecular complexity index is 283. The van der Waals surface area contributed by atoms with E-state index in [1.165, 1.54) is 12.1 Å². The Morgan fingerprint density at radius 3 is 2.73 bits per heavy atom. The van der Waals surface area contributed by atoms with Gasteiger partial charge < -0.3 is 10.3 Å². The average Bonchev–Trinajstić information content (AvgIpc) is 2.50. The summed E-state index contributed by atoms with van der Waals surface area (Å²) in [4.78, 5) is 7.74. The molecule has 1 rings (SSSR count). The lowest BCUT2D eigenvalue weighted by atomic mass is 9.92. The predicted octanol–water partition coefficient (Wildman–Crippen LogP) is 2.50. The minimum atomic E-state index is 0.298. The van der Waals surface area contributed by atoms with Crippen LogP contribution in [-0.2, 0) is 13.0 Å². The molecule has 1 aromatic heterocycles. The van der Waals surface area contributed by atoms with E-state index < -0.39 is 0 Å². The highest BCUT2D eigenvalue weighted by Gasteiger charge is 2.13. The van der Waals surface area contributed by atoms with Crippen LogP contribution in [0.4, 0.5) is 0 Å². The summed E-state index contributed by atoms with van der Waals surface area (Å²) < 4.78 is 0. The lowest BCUT2D eigenvalue weighted by molar-refractivity contribution is 0.402. The molecule has 0 bridgehead atoms. The van der Waals surface area contributed by atoms with Crippen molar-refractivity contribution in [3.8, 4) is 0 Å². The van der Waals surface area contributed by atoms with Crippen LogP contribution in [0.2, 0.25) is 0 Å². The molecule has 2 N–H and O–H groups in total. The first-order chi connectivity index (χ1) is 7.01. The van der Waals surface area contributed by atoms with Crippen molar-refractivity contribution in [2.75, 3.05) is 6.54 Å². The number of nitrogens with one attached hydrogen (secondary N) is 2. The Kier molecular flexibility index (Phi) is 4.33. The van der Waals surface area contributed by atoms with Crippen molar-refractivity contribution >= 4 is 0 Å². The first-order valence-electron chi connectivity index (χ1n) is 5.75. The van der Waals surface area contributed by atoms with E-state index in [-0.39, 0.29) is 0 Å². The van der Waals surface area contributed by atoms with Crippen LogP contribution >= 0.6 is 0 Å². The van der Waals surface area contributed by atoms with Crippen molar-refractivity contribution in [2.24, 2.45) is 5.41 Å². The Balaban J connectivity index is 2.42. The molecule has 0 radical (unpaired) electrons. The van der Waals surface area contributed by atoms with Gasteiger partial charge in [-0.05, 0) is 18.4 Å². The summed E-state index contributed by atoms with van der Waals surface area (Å²) in [5.41, 5.74) is 1.48. The van der Waals surface area contributed by atoms with Crippen LogP contribution in [0.5, 0.6) is 0 Å². The average molecular weight is 209 g/mol. The number of aromatic nitrogens is 2. The maximum absolute atomic E-state index is 4.38. The topological polar surface area (TPSA) is 40.7 Å². The van der Waals surface area contributed by atoms with Crippen LogP contribution in [0.25, 0.3) is 0 Å². The van der Waals surface area contributed by atoms with Gasteiger partial charge in [0.25, 0.3) is 0 Å². The third-order valence-electron chi connectivity index (χ3n) is 2.12. The molecule has 1 heterocycles. The zero-order valence-corrected chi connectivity index (χ0v) is 10.4. The van der Waals surface area contributed by atoms with Gasteiger partial charge in [0, 0.05) is 24.9 Å². The van der Waals surface area contributed by atoms with E-state index in [0.717, 1.165) is 25.3 Å². The number of rotatable bonds is 5. The largest absolute Gasteiger partial charge is 0.345 e. The van der Waals surface area contributed by atoms with Crippen molar-refractivity contribution < 1.29 is 0 Å². The molecule has 0 atom stereocenters. The van der Waals surface area contributed by atoms with E-state index in [9.17, 15) is 0 Å². The van der Waals surface area contributed by atoms with E-state index >= 15 is 0 Å². The maximum atomic E-state index is 4.38. The van der Waals surface area contributed by atoms with E-state index in [1.54, 1.807) is 0 Å². The van der Waals surface area contributed by atoms with Crippen molar-refractivity contribution in [1.29, 1.82) is 0 Å². The number of nitrogens with zero attached hydrogens (tertiary/aromatic N) is 1. The molecular weight excluding hydrogens is 186 g/mol. The summed E-state index contributed by atoms with van der Waals surface area (Å²) >= 11 is 0. The molecule has 15 heavy (non-hydrogen) atoms. The second kappa shape index (κ2) is 5.31. The molecule has 0 aromatic carbocycles. The van der Waals surface area contributed by atoms with Crippen LogP contribution in [0.1, 0.15) is 45.6 Å². The van der Waals surface area contributed by atoms with Crippen LogP contribution < -0.4 is 5.32 Å². The van der Waals surface area contributed by atoms with Gasteiger partial charge >= 0.3 is 0 Å². The van der Waals surface area contributed by atoms with E-state index in [0.29, 0.717) is 5.41 Å². The Labute approximate surface area is 92.7 Å². The maximum Gasteiger partial charge on any atom is 0.106 e. The van der Waals surface area contributed by atoms with Crippen LogP contribution in [0.3, 0.4) is 0 Å². The summed E-state index contributed by atoms with van der Waals surface area (Å²) in [6.45, 7) is 10.8. The lowest BCUT2D eigenvalue weighted by Gasteiger charge is -2.15. The molecule has 0 unspecified atom stereocenters. The highest BCUT2D eigenvalue weighted by molar-refractivity contribution is 5.02. The lowest BCUT2D eigenvalue weighted by Crippen LogP contribution is -2.14. The minimum Gasteiger partial charge on any atom is -0.345 e. The molecule has 0 amide bonds. The molecule has 0 aliphatic heterocycles. The van der Waals surface area contributed by atoms with Crippen LogP contribution in [-0.4, -0.2) is 16.5 Å². The fourth-order valence-electron chi connectivity index (χ4n) is 1.49. The van der Waals surface area contributed by atoms with Crippen molar-refractivity contribution in [3.05, 3.63) is 17.7 Å². The molecule has 3 heteroatoms. The minimum absolute atomic E-state index is 0.298. The standard InChI is InChI=1S/C12H23N3/c1-5-6-13-8-10-9-14-11(15-10)7-12(2,3)4/h9,13H,5-8H2,1-4H3,(H,14,15). The second-order valence-electron chi connectivity index (χ2n) is 5.27. The normalized spacial score (nSPS) is 12.0. The monoisotopic (exact) mass is 209 g/mol. The molecule has 0 aliphatic carbocycles. The van der Waals surface area contributed by atoms with E-state index in [2.05, 4.69) is 43.0 Å². The van der Waals surface area contributed by atoms with Gasteiger partial charge in [0.15, 0.2) is 0 Å². The number of hydrogen-bond acceptors (Lipinski definition) is 2. The van der Waals surface area contributed by atoms with Crippen molar-refractivity contribution in [3.63, 3.8) is 0 Å². The molecule has 86 valence electrons. The highest BCUT2D eigenvalue weighted by atomic mass is 15.0. The van der Waals surface area contributed by atoms with Crippen LogP contribution in [0.15, 0.2) is 6.20 Å². The number of hydrogen-bond donors (Lipinski definition) is 2. The smallest absolute Gasteiger partial charge is 0.106 e. The Morgan fingerprint density at radius 2 is 2.13 bits per heavy atom. The molecule has 3 nitrogen and oxygen atoms in total. The molecule has 0 saturated carbocycles.